The lowest BCUT2D eigenvalue weighted by Gasteiger charge is -2.18. The van der Waals surface area contributed by atoms with Crippen molar-refractivity contribution < 1.29 is 19.1 Å². The van der Waals surface area contributed by atoms with Crippen LogP contribution in [0.1, 0.15) is 64.2 Å². The summed E-state index contributed by atoms with van der Waals surface area (Å²) in [6.07, 6.45) is 9.22. The van der Waals surface area contributed by atoms with Crippen molar-refractivity contribution in [2.75, 3.05) is 13.7 Å². The number of carbonyl (C=O) groups excluding carboxylic acids is 2. The van der Waals surface area contributed by atoms with Gasteiger partial charge >= 0.3 is 12.1 Å². The molecule has 1 aliphatic rings. The number of methoxy groups -OCH3 is 1. The van der Waals surface area contributed by atoms with Crippen LogP contribution in [0.5, 0.6) is 0 Å². The molecule has 1 saturated carbocycles. The maximum absolute atomic E-state index is 11.8. The smallest absolute Gasteiger partial charge is 0.408 e. The second-order valence-electron chi connectivity index (χ2n) is 5.88. The van der Waals surface area contributed by atoms with Crippen LogP contribution in [0.4, 0.5) is 4.79 Å². The molecule has 1 unspecified atom stereocenters. The van der Waals surface area contributed by atoms with Gasteiger partial charge in [0.15, 0.2) is 0 Å². The van der Waals surface area contributed by atoms with Crippen LogP contribution in [0, 0.1) is 0 Å². The van der Waals surface area contributed by atoms with Gasteiger partial charge in [-0.15, -0.1) is 0 Å². The summed E-state index contributed by atoms with van der Waals surface area (Å²) in [6.45, 7) is 0.722. The van der Waals surface area contributed by atoms with E-state index < -0.39 is 18.1 Å². The van der Waals surface area contributed by atoms with Crippen molar-refractivity contribution in [3.05, 3.63) is 0 Å². The lowest BCUT2D eigenvalue weighted by atomic mass is 10.1. The van der Waals surface area contributed by atoms with Gasteiger partial charge < -0.3 is 20.5 Å². The predicted octanol–water partition coefficient (Wildman–Crippen LogP) is 2.50. The first-order valence-electron chi connectivity index (χ1n) is 8.42. The Morgan fingerprint density at radius 3 is 2.41 bits per heavy atom. The molecule has 0 heterocycles. The molecule has 1 fully saturated rings. The largest absolute Gasteiger partial charge is 0.467 e. The van der Waals surface area contributed by atoms with Crippen molar-refractivity contribution in [3.8, 4) is 0 Å². The molecule has 0 aliphatic heterocycles. The van der Waals surface area contributed by atoms with Crippen LogP contribution in [0.2, 0.25) is 0 Å². The van der Waals surface area contributed by atoms with Crippen molar-refractivity contribution >= 4 is 12.1 Å². The van der Waals surface area contributed by atoms with Gasteiger partial charge in [-0.1, -0.05) is 25.7 Å². The molecule has 0 aromatic carbocycles. The topological polar surface area (TPSA) is 90.6 Å². The Balaban J connectivity index is 2.26. The first-order valence-corrected chi connectivity index (χ1v) is 8.42. The Bertz CT molecular complexity index is 330. The fraction of sp³-hybridized carbons (Fsp3) is 0.875. The van der Waals surface area contributed by atoms with Crippen LogP contribution in [-0.4, -0.2) is 37.9 Å². The van der Waals surface area contributed by atoms with E-state index in [9.17, 15) is 9.59 Å². The predicted molar refractivity (Wildman–Crippen MR) is 84.4 cm³/mol. The number of carbonyl (C=O) groups is 2. The molecular weight excluding hydrogens is 284 g/mol. The highest BCUT2D eigenvalue weighted by atomic mass is 16.6. The third-order valence-electron chi connectivity index (χ3n) is 4.05. The highest BCUT2D eigenvalue weighted by Gasteiger charge is 2.24. The van der Waals surface area contributed by atoms with Crippen molar-refractivity contribution in [2.24, 2.45) is 5.73 Å². The second-order valence-corrected chi connectivity index (χ2v) is 5.88. The van der Waals surface area contributed by atoms with Gasteiger partial charge in [-0.25, -0.2) is 9.59 Å². The van der Waals surface area contributed by atoms with E-state index in [0.717, 1.165) is 64.3 Å². The van der Waals surface area contributed by atoms with Crippen molar-refractivity contribution in [1.82, 2.24) is 5.32 Å². The minimum absolute atomic E-state index is 0.00504. The molecule has 22 heavy (non-hydrogen) atoms. The maximum atomic E-state index is 11.8. The summed E-state index contributed by atoms with van der Waals surface area (Å²) in [7, 11) is 1.33. The maximum Gasteiger partial charge on any atom is 0.408 e. The molecule has 0 radical (unpaired) electrons. The van der Waals surface area contributed by atoms with E-state index in [0.29, 0.717) is 6.42 Å². The first kappa shape index (κ1) is 18.7. The Hall–Kier alpha value is -1.30. The van der Waals surface area contributed by atoms with Crippen LogP contribution in [-0.2, 0) is 14.3 Å². The average molecular weight is 314 g/mol. The molecule has 0 bridgehead atoms. The molecule has 128 valence electrons. The zero-order valence-electron chi connectivity index (χ0n) is 13.6. The Morgan fingerprint density at radius 2 is 1.77 bits per heavy atom. The molecule has 1 amide bonds. The Kier molecular flexibility index (Phi) is 9.62. The number of esters is 1. The van der Waals surface area contributed by atoms with Crippen molar-refractivity contribution in [2.45, 2.75) is 76.4 Å². The molecule has 6 nitrogen and oxygen atoms in total. The van der Waals surface area contributed by atoms with Gasteiger partial charge in [0.2, 0.25) is 0 Å². The number of unbranched alkanes of at least 4 members (excludes halogenated alkanes) is 4. The van der Waals surface area contributed by atoms with E-state index in [1.807, 2.05) is 0 Å². The van der Waals surface area contributed by atoms with E-state index in [1.165, 1.54) is 7.11 Å². The summed E-state index contributed by atoms with van der Waals surface area (Å²) in [5.74, 6) is -0.412. The van der Waals surface area contributed by atoms with Gasteiger partial charge in [0, 0.05) is 0 Å². The zero-order valence-corrected chi connectivity index (χ0v) is 13.6. The summed E-state index contributed by atoms with van der Waals surface area (Å²) in [4.78, 5) is 23.6. The molecule has 0 aromatic heterocycles. The Labute approximate surface area is 133 Å². The number of rotatable bonds is 10. The third kappa shape index (κ3) is 7.64. The lowest BCUT2D eigenvalue weighted by molar-refractivity contribution is -0.143. The van der Waals surface area contributed by atoms with Gasteiger partial charge in [-0.05, 0) is 45.1 Å². The molecule has 1 atom stereocenters. The molecule has 0 saturated heterocycles. The van der Waals surface area contributed by atoms with Gasteiger partial charge in [-0.2, -0.15) is 0 Å². The number of ether oxygens (including phenoxy) is 2. The van der Waals surface area contributed by atoms with Crippen LogP contribution < -0.4 is 11.1 Å². The fourth-order valence-electron chi connectivity index (χ4n) is 2.75. The third-order valence-corrected chi connectivity index (χ3v) is 4.05. The number of hydrogen-bond donors (Lipinski definition) is 2. The number of nitrogens with two attached hydrogens (primary N) is 1. The van der Waals surface area contributed by atoms with Crippen LogP contribution >= 0.6 is 0 Å². The Morgan fingerprint density at radius 1 is 1.14 bits per heavy atom. The zero-order chi connectivity index (χ0) is 16.2. The lowest BCUT2D eigenvalue weighted by Crippen LogP contribution is -2.42. The first-order chi connectivity index (χ1) is 10.7. The van der Waals surface area contributed by atoms with E-state index in [1.54, 1.807) is 0 Å². The standard InChI is InChI=1S/C16H30N2O4/c1-21-15(19)14(11-5-3-2-4-8-12-17)18-16(20)22-13-9-6-7-10-13/h13-14H,2-12,17H2,1H3,(H,18,20). The van der Waals surface area contributed by atoms with Crippen LogP contribution in [0.15, 0.2) is 0 Å². The number of hydrogen-bond acceptors (Lipinski definition) is 5. The highest BCUT2D eigenvalue weighted by molar-refractivity contribution is 5.81. The van der Waals surface area contributed by atoms with Crippen molar-refractivity contribution in [1.29, 1.82) is 0 Å². The van der Waals surface area contributed by atoms with Gasteiger partial charge in [0.05, 0.1) is 7.11 Å². The fourth-order valence-corrected chi connectivity index (χ4v) is 2.75. The summed E-state index contributed by atoms with van der Waals surface area (Å²) in [5, 5.41) is 2.64. The molecule has 0 aromatic rings. The van der Waals surface area contributed by atoms with Gasteiger partial charge in [0.1, 0.15) is 12.1 Å². The minimum atomic E-state index is -0.617. The minimum Gasteiger partial charge on any atom is -0.467 e. The van der Waals surface area contributed by atoms with E-state index in [-0.39, 0.29) is 6.10 Å². The number of amides is 1. The molecule has 1 rings (SSSR count). The molecule has 3 N–H and O–H groups in total. The molecule has 6 heteroatoms. The molecular formula is C16H30N2O4. The average Bonchev–Trinajstić information content (AvgIpc) is 3.01. The van der Waals surface area contributed by atoms with Gasteiger partial charge in [-0.3, -0.25) is 0 Å². The number of nitrogens with one attached hydrogen (secondary N) is 1. The second kappa shape index (κ2) is 11.3. The van der Waals surface area contributed by atoms with E-state index >= 15 is 0 Å². The van der Waals surface area contributed by atoms with E-state index in [2.05, 4.69) is 5.32 Å². The van der Waals surface area contributed by atoms with Crippen molar-refractivity contribution in [3.63, 3.8) is 0 Å². The highest BCUT2D eigenvalue weighted by Crippen LogP contribution is 2.21. The summed E-state index contributed by atoms with van der Waals surface area (Å²) in [6, 6.07) is -0.617. The van der Waals surface area contributed by atoms with Crippen LogP contribution in [0.3, 0.4) is 0 Å². The molecule has 1 aliphatic carbocycles. The van der Waals surface area contributed by atoms with E-state index in [4.69, 9.17) is 15.2 Å². The monoisotopic (exact) mass is 314 g/mol. The van der Waals surface area contributed by atoms with Crippen LogP contribution in [0.25, 0.3) is 0 Å². The summed E-state index contributed by atoms with van der Waals surface area (Å²) in [5.41, 5.74) is 5.45. The van der Waals surface area contributed by atoms with Gasteiger partial charge in [0.25, 0.3) is 0 Å². The summed E-state index contributed by atoms with van der Waals surface area (Å²) >= 11 is 0. The summed E-state index contributed by atoms with van der Waals surface area (Å²) < 4.78 is 10.1. The molecule has 0 spiro atoms. The normalized spacial score (nSPS) is 16.3. The SMILES string of the molecule is COC(=O)C(CCCCCCCN)NC(=O)OC1CCCC1. The quantitative estimate of drug-likeness (QED) is 0.477. The number of alkyl carbamates (subject to hydrolysis) is 1.